The van der Waals surface area contributed by atoms with Gasteiger partial charge in [-0.1, -0.05) is 134 Å². The molecule has 4 nitrogen and oxygen atoms in total. The third-order valence-corrected chi connectivity index (χ3v) is 13.5. The maximum atomic E-state index is 2.53. The number of nitrogens with zero attached hydrogens (tertiary/aromatic N) is 4. The van der Waals surface area contributed by atoms with E-state index in [9.17, 15) is 0 Å². The number of para-hydroxylation sites is 5. The highest BCUT2D eigenvalue weighted by Gasteiger charge is 2.28. The molecule has 12 rings (SSSR count). The zero-order valence-corrected chi connectivity index (χ0v) is 36.4. The van der Waals surface area contributed by atoms with Crippen LogP contribution in [-0.2, 0) is 5.54 Å². The quantitative estimate of drug-likeness (QED) is 0.144. The van der Waals surface area contributed by atoms with Gasteiger partial charge in [0.15, 0.2) is 0 Å². The van der Waals surface area contributed by atoms with Crippen molar-refractivity contribution in [2.45, 2.75) is 31.7 Å². The van der Waals surface area contributed by atoms with Crippen LogP contribution in [0.15, 0.2) is 242 Å². The topological polar surface area (TPSA) is 16.3 Å². The smallest absolute Gasteiger partial charge is 0.0643 e. The first-order valence-corrected chi connectivity index (χ1v) is 22.8. The van der Waals surface area contributed by atoms with Crippen molar-refractivity contribution >= 4 is 77.6 Å². The molecular formula is C61H48N4. The highest BCUT2D eigenvalue weighted by Crippen LogP contribution is 2.44. The van der Waals surface area contributed by atoms with Crippen molar-refractivity contribution in [1.29, 1.82) is 0 Å². The van der Waals surface area contributed by atoms with Crippen molar-refractivity contribution in [3.8, 4) is 5.69 Å². The summed E-state index contributed by atoms with van der Waals surface area (Å²) in [5, 5.41) is 5.03. The Morgan fingerprint density at radius 3 is 1.62 bits per heavy atom. The highest BCUT2D eigenvalue weighted by atomic mass is 15.2. The molecule has 2 aliphatic carbocycles. The average molecular weight is 837 g/mol. The maximum absolute atomic E-state index is 2.53. The second-order valence-electron chi connectivity index (χ2n) is 17.5. The van der Waals surface area contributed by atoms with Gasteiger partial charge in [-0.3, -0.25) is 0 Å². The molecule has 0 aliphatic heterocycles. The first kappa shape index (κ1) is 38.6. The van der Waals surface area contributed by atoms with E-state index in [-0.39, 0.29) is 5.54 Å². The van der Waals surface area contributed by atoms with Crippen LogP contribution in [0, 0.1) is 0 Å². The fourth-order valence-electron chi connectivity index (χ4n) is 10.4. The van der Waals surface area contributed by atoms with Gasteiger partial charge in [0.2, 0.25) is 0 Å². The van der Waals surface area contributed by atoms with Crippen LogP contribution in [0.1, 0.15) is 31.7 Å². The second-order valence-corrected chi connectivity index (χ2v) is 17.5. The lowest BCUT2D eigenvalue weighted by molar-refractivity contribution is 0.437. The van der Waals surface area contributed by atoms with E-state index in [1.54, 1.807) is 0 Å². The van der Waals surface area contributed by atoms with E-state index in [2.05, 4.69) is 263 Å². The summed E-state index contributed by atoms with van der Waals surface area (Å²) in [6.45, 7) is 2.34. The third-order valence-electron chi connectivity index (χ3n) is 13.5. The standard InChI is InChI=1S/C61H48N4/c1-61(40-16-5-17-41-61)65-59-27-15-13-25-54(59)56-43-52(37-39-60(56)65)63(47-20-8-3-9-21-47)50-34-30-45(31-35-50)44-28-32-49(33-29-44)62(46-18-6-2-7-19-46)51-36-38-58-55(42-51)53-24-12-14-26-57(53)64(58)48-22-10-4-11-23-48/h2-28,30-32,34-40,42-43H,29,33,41H2,1H3. The summed E-state index contributed by atoms with van der Waals surface area (Å²) >= 11 is 0. The first-order chi connectivity index (χ1) is 32.1. The molecule has 0 radical (unpaired) electrons. The zero-order valence-electron chi connectivity index (χ0n) is 36.4. The van der Waals surface area contributed by atoms with Gasteiger partial charge in [0.25, 0.3) is 0 Å². The molecule has 0 fully saturated rings. The fraction of sp³-hybridized carbons (Fsp3) is 0.0820. The number of fused-ring (bicyclic) bond motifs is 6. The predicted molar refractivity (Wildman–Crippen MR) is 275 cm³/mol. The van der Waals surface area contributed by atoms with Gasteiger partial charge < -0.3 is 18.9 Å². The van der Waals surface area contributed by atoms with E-state index in [4.69, 9.17) is 0 Å². The van der Waals surface area contributed by atoms with Gasteiger partial charge in [0, 0.05) is 66.9 Å². The Hall–Kier alpha value is -8.08. The molecule has 65 heavy (non-hydrogen) atoms. The summed E-state index contributed by atoms with van der Waals surface area (Å²) in [5.74, 6) is 0. The summed E-state index contributed by atoms with van der Waals surface area (Å²) in [7, 11) is 0. The molecule has 1 unspecified atom stereocenters. The Labute approximate surface area is 380 Å². The SMILES string of the molecule is CC1(n2c3ccccc3c3cc(N(c4ccccc4)c4ccc(C5=CC=C(N(c6ccccc6)c6ccc7c(c6)c6ccccc6n7-c6ccccc6)CC5)cc4)ccc32)C=CC=CC1. The number of rotatable bonds is 9. The molecule has 0 saturated heterocycles. The van der Waals surface area contributed by atoms with E-state index in [1.165, 1.54) is 66.1 Å². The maximum Gasteiger partial charge on any atom is 0.0643 e. The molecule has 0 N–H and O–H groups in total. The molecule has 10 aromatic rings. The lowest BCUT2D eigenvalue weighted by Crippen LogP contribution is -2.27. The monoisotopic (exact) mass is 836 g/mol. The Balaban J connectivity index is 0.896. The van der Waals surface area contributed by atoms with Crippen LogP contribution in [0.4, 0.5) is 28.4 Å². The van der Waals surface area contributed by atoms with E-state index in [1.807, 2.05) is 0 Å². The summed E-state index contributed by atoms with van der Waals surface area (Å²) in [5.41, 5.74) is 15.5. The molecule has 0 saturated carbocycles. The number of aromatic nitrogens is 2. The Kier molecular flexibility index (Phi) is 9.45. The van der Waals surface area contributed by atoms with Crippen LogP contribution >= 0.6 is 0 Å². The van der Waals surface area contributed by atoms with E-state index < -0.39 is 0 Å². The summed E-state index contributed by atoms with van der Waals surface area (Å²) < 4.78 is 4.91. The minimum Gasteiger partial charge on any atom is -0.331 e. The van der Waals surface area contributed by atoms with Crippen LogP contribution in [0.3, 0.4) is 0 Å². The second kappa shape index (κ2) is 15.9. The van der Waals surface area contributed by atoms with Gasteiger partial charge in [-0.05, 0) is 140 Å². The number of benzene rings is 8. The number of hydrogen-bond donors (Lipinski definition) is 0. The normalized spacial score (nSPS) is 16.0. The molecule has 2 aromatic heterocycles. The van der Waals surface area contributed by atoms with Crippen LogP contribution in [0.5, 0.6) is 0 Å². The van der Waals surface area contributed by atoms with E-state index in [0.29, 0.717) is 0 Å². The van der Waals surface area contributed by atoms with Crippen LogP contribution in [-0.4, -0.2) is 9.13 Å². The minimum atomic E-state index is -0.143. The van der Waals surface area contributed by atoms with Gasteiger partial charge in [0.1, 0.15) is 0 Å². The van der Waals surface area contributed by atoms with Crippen LogP contribution < -0.4 is 9.80 Å². The number of hydrogen-bond acceptors (Lipinski definition) is 2. The first-order valence-electron chi connectivity index (χ1n) is 22.8. The zero-order chi connectivity index (χ0) is 43.3. The molecule has 0 spiro atoms. The number of allylic oxidation sites excluding steroid dienone is 8. The van der Waals surface area contributed by atoms with Crippen molar-refractivity contribution in [3.63, 3.8) is 0 Å². The number of anilines is 5. The Morgan fingerprint density at radius 2 is 0.954 bits per heavy atom. The van der Waals surface area contributed by atoms with Crippen molar-refractivity contribution in [1.82, 2.24) is 9.13 Å². The largest absolute Gasteiger partial charge is 0.331 e. The summed E-state index contributed by atoms with van der Waals surface area (Å²) in [4.78, 5) is 4.83. The van der Waals surface area contributed by atoms with Crippen molar-refractivity contribution in [2.75, 3.05) is 9.80 Å². The van der Waals surface area contributed by atoms with E-state index >= 15 is 0 Å². The lowest BCUT2D eigenvalue weighted by Gasteiger charge is -2.31. The highest BCUT2D eigenvalue weighted by molar-refractivity contribution is 6.11. The average Bonchev–Trinajstić information content (AvgIpc) is 3.89. The predicted octanol–water partition coefficient (Wildman–Crippen LogP) is 16.5. The van der Waals surface area contributed by atoms with Crippen LogP contribution in [0.2, 0.25) is 0 Å². The van der Waals surface area contributed by atoms with Crippen molar-refractivity contribution in [3.05, 3.63) is 248 Å². The molecule has 312 valence electrons. The lowest BCUT2D eigenvalue weighted by atomic mass is 9.92. The van der Waals surface area contributed by atoms with Crippen LogP contribution in [0.25, 0.3) is 54.9 Å². The van der Waals surface area contributed by atoms with Gasteiger partial charge in [-0.25, -0.2) is 0 Å². The Bertz CT molecular complexity index is 3520. The molecule has 8 aromatic carbocycles. The fourth-order valence-corrected chi connectivity index (χ4v) is 10.4. The minimum absolute atomic E-state index is 0.143. The van der Waals surface area contributed by atoms with E-state index in [0.717, 1.165) is 47.7 Å². The molecule has 1 atom stereocenters. The van der Waals surface area contributed by atoms with Gasteiger partial charge in [-0.2, -0.15) is 0 Å². The van der Waals surface area contributed by atoms with Crippen molar-refractivity contribution in [2.24, 2.45) is 0 Å². The van der Waals surface area contributed by atoms with Gasteiger partial charge >= 0.3 is 0 Å². The molecule has 2 heterocycles. The molecule has 4 heteroatoms. The van der Waals surface area contributed by atoms with Crippen molar-refractivity contribution < 1.29 is 0 Å². The van der Waals surface area contributed by atoms with Gasteiger partial charge in [-0.15, -0.1) is 0 Å². The molecule has 2 aliphatic rings. The summed E-state index contributed by atoms with van der Waals surface area (Å²) in [6.07, 6.45) is 16.4. The molecular weight excluding hydrogens is 789 g/mol. The Morgan fingerprint density at radius 1 is 0.431 bits per heavy atom. The molecule has 0 bridgehead atoms. The van der Waals surface area contributed by atoms with Gasteiger partial charge in [0.05, 0.1) is 22.1 Å². The summed E-state index contributed by atoms with van der Waals surface area (Å²) in [6, 6.07) is 73.0. The molecule has 0 amide bonds. The third kappa shape index (κ3) is 6.69.